The van der Waals surface area contributed by atoms with Crippen LogP contribution in [0.3, 0.4) is 0 Å². The first-order valence-electron chi connectivity index (χ1n) is 4.95. The van der Waals surface area contributed by atoms with Crippen LogP contribution in [-0.2, 0) is 4.74 Å². The fourth-order valence-corrected chi connectivity index (χ4v) is 3.59. The van der Waals surface area contributed by atoms with Crippen LogP contribution in [0.4, 0.5) is 0 Å². The fraction of sp³-hybridized carbons (Fsp3) is 0.400. The SMILES string of the molecule is Cc1[nH]nc2c(Br)c(C3COC3)c(Br)nc12. The molecule has 0 spiro atoms. The number of ether oxygens (including phenoxy) is 1. The predicted octanol–water partition coefficient (Wildman–Crippen LogP) is 2.91. The Bertz CT molecular complexity index is 563. The number of hydrogen-bond donors (Lipinski definition) is 1. The van der Waals surface area contributed by atoms with E-state index in [0.29, 0.717) is 5.92 Å². The highest BCUT2D eigenvalue weighted by Gasteiger charge is 2.28. The van der Waals surface area contributed by atoms with E-state index in [4.69, 9.17) is 4.74 Å². The number of hydrogen-bond acceptors (Lipinski definition) is 3. The van der Waals surface area contributed by atoms with E-state index >= 15 is 0 Å². The first-order chi connectivity index (χ1) is 7.68. The molecule has 6 heteroatoms. The molecular formula is C10H9Br2N3O. The molecule has 2 aromatic heterocycles. The second-order valence-corrected chi connectivity index (χ2v) is 5.45. The van der Waals surface area contributed by atoms with E-state index in [0.717, 1.165) is 44.6 Å². The van der Waals surface area contributed by atoms with Crippen molar-refractivity contribution in [2.75, 3.05) is 13.2 Å². The number of aromatic nitrogens is 3. The lowest BCUT2D eigenvalue weighted by Gasteiger charge is -2.27. The summed E-state index contributed by atoms with van der Waals surface area (Å²) in [6.07, 6.45) is 0. The van der Waals surface area contributed by atoms with Crippen molar-refractivity contribution in [3.8, 4) is 0 Å². The maximum absolute atomic E-state index is 5.22. The molecule has 0 aromatic carbocycles. The third-order valence-electron chi connectivity index (χ3n) is 2.84. The van der Waals surface area contributed by atoms with Gasteiger partial charge in [0.15, 0.2) is 0 Å². The van der Waals surface area contributed by atoms with Crippen LogP contribution in [0.5, 0.6) is 0 Å². The largest absolute Gasteiger partial charge is 0.380 e. The summed E-state index contributed by atoms with van der Waals surface area (Å²) in [5.41, 5.74) is 3.93. The van der Waals surface area contributed by atoms with Crippen LogP contribution in [0.15, 0.2) is 9.08 Å². The zero-order valence-electron chi connectivity index (χ0n) is 8.55. The summed E-state index contributed by atoms with van der Waals surface area (Å²) in [4.78, 5) is 4.54. The topological polar surface area (TPSA) is 50.8 Å². The highest BCUT2D eigenvalue weighted by Crippen LogP contribution is 2.38. The molecule has 2 aromatic rings. The summed E-state index contributed by atoms with van der Waals surface area (Å²) >= 11 is 7.14. The van der Waals surface area contributed by atoms with Gasteiger partial charge < -0.3 is 4.74 Å². The first-order valence-corrected chi connectivity index (χ1v) is 6.54. The summed E-state index contributed by atoms with van der Waals surface area (Å²) in [6.45, 7) is 3.48. The third-order valence-corrected chi connectivity index (χ3v) is 4.25. The Kier molecular flexibility index (Phi) is 2.53. The van der Waals surface area contributed by atoms with Crippen molar-refractivity contribution in [1.82, 2.24) is 15.2 Å². The van der Waals surface area contributed by atoms with E-state index in [1.807, 2.05) is 6.92 Å². The minimum atomic E-state index is 0.414. The van der Waals surface area contributed by atoms with Gasteiger partial charge in [0.2, 0.25) is 0 Å². The van der Waals surface area contributed by atoms with Crippen molar-refractivity contribution in [3.05, 3.63) is 20.3 Å². The molecule has 0 bridgehead atoms. The molecule has 0 amide bonds. The lowest BCUT2D eigenvalue weighted by molar-refractivity contribution is 0.00776. The van der Waals surface area contributed by atoms with E-state index < -0.39 is 0 Å². The van der Waals surface area contributed by atoms with E-state index in [-0.39, 0.29) is 0 Å². The molecule has 1 N–H and O–H groups in total. The molecule has 3 rings (SSSR count). The van der Waals surface area contributed by atoms with Crippen molar-refractivity contribution >= 4 is 42.9 Å². The van der Waals surface area contributed by atoms with Crippen LogP contribution in [0.2, 0.25) is 0 Å². The Hall–Kier alpha value is -0.460. The van der Waals surface area contributed by atoms with Crippen LogP contribution < -0.4 is 0 Å². The molecule has 0 saturated carbocycles. The van der Waals surface area contributed by atoms with Gasteiger partial charge in [-0.05, 0) is 38.8 Å². The van der Waals surface area contributed by atoms with E-state index in [1.165, 1.54) is 0 Å². The van der Waals surface area contributed by atoms with Crippen LogP contribution in [0.1, 0.15) is 17.2 Å². The molecule has 1 saturated heterocycles. The fourth-order valence-electron chi connectivity index (χ4n) is 1.84. The van der Waals surface area contributed by atoms with E-state index in [2.05, 4.69) is 47.0 Å². The van der Waals surface area contributed by atoms with Crippen molar-refractivity contribution in [2.24, 2.45) is 0 Å². The minimum absolute atomic E-state index is 0.414. The molecule has 0 atom stereocenters. The molecule has 16 heavy (non-hydrogen) atoms. The van der Waals surface area contributed by atoms with Gasteiger partial charge in [-0.1, -0.05) is 0 Å². The number of nitrogens with one attached hydrogen (secondary N) is 1. The number of nitrogens with zero attached hydrogens (tertiary/aromatic N) is 2. The minimum Gasteiger partial charge on any atom is -0.380 e. The van der Waals surface area contributed by atoms with Gasteiger partial charge in [-0.3, -0.25) is 5.10 Å². The standard InChI is InChI=1S/C10H9Br2N3O/c1-4-8-9(15-14-4)7(11)6(10(12)13-8)5-2-16-3-5/h5H,2-3H2,1H3,(H,14,15). The second-order valence-electron chi connectivity index (χ2n) is 3.91. The highest BCUT2D eigenvalue weighted by molar-refractivity contribution is 9.11. The number of H-pyrrole nitrogens is 1. The van der Waals surface area contributed by atoms with Crippen LogP contribution in [-0.4, -0.2) is 28.4 Å². The van der Waals surface area contributed by atoms with Crippen molar-refractivity contribution in [1.29, 1.82) is 0 Å². The highest BCUT2D eigenvalue weighted by atomic mass is 79.9. The van der Waals surface area contributed by atoms with E-state index in [1.54, 1.807) is 0 Å². The van der Waals surface area contributed by atoms with E-state index in [9.17, 15) is 0 Å². The number of aromatic amines is 1. The van der Waals surface area contributed by atoms with Crippen molar-refractivity contribution in [3.63, 3.8) is 0 Å². The van der Waals surface area contributed by atoms with Crippen LogP contribution in [0, 0.1) is 6.92 Å². The number of halogens is 2. The Morgan fingerprint density at radius 1 is 1.31 bits per heavy atom. The van der Waals surface area contributed by atoms with Gasteiger partial charge in [-0.15, -0.1) is 0 Å². The summed E-state index contributed by atoms with van der Waals surface area (Å²) in [5, 5.41) is 7.22. The maximum Gasteiger partial charge on any atom is 0.125 e. The molecule has 1 aliphatic heterocycles. The summed E-state index contributed by atoms with van der Waals surface area (Å²) in [5.74, 6) is 0.414. The number of pyridine rings is 1. The quantitative estimate of drug-likeness (QED) is 0.808. The lowest BCUT2D eigenvalue weighted by Crippen LogP contribution is -2.26. The molecular weight excluding hydrogens is 338 g/mol. The van der Waals surface area contributed by atoms with Gasteiger partial charge >= 0.3 is 0 Å². The van der Waals surface area contributed by atoms with Gasteiger partial charge in [0.05, 0.1) is 23.4 Å². The zero-order valence-corrected chi connectivity index (χ0v) is 11.7. The zero-order chi connectivity index (χ0) is 11.3. The van der Waals surface area contributed by atoms with Crippen molar-refractivity contribution in [2.45, 2.75) is 12.8 Å². The molecule has 0 radical (unpaired) electrons. The third kappa shape index (κ3) is 1.43. The summed E-state index contributed by atoms with van der Waals surface area (Å²) < 4.78 is 7.11. The molecule has 3 heterocycles. The average molecular weight is 347 g/mol. The monoisotopic (exact) mass is 345 g/mol. The van der Waals surface area contributed by atoms with Gasteiger partial charge in [0, 0.05) is 11.5 Å². The van der Waals surface area contributed by atoms with Gasteiger partial charge in [0.1, 0.15) is 15.6 Å². The number of fused-ring (bicyclic) bond motifs is 1. The maximum atomic E-state index is 5.22. The predicted molar refractivity (Wildman–Crippen MR) is 67.6 cm³/mol. The molecule has 1 fully saturated rings. The molecule has 0 aliphatic carbocycles. The summed E-state index contributed by atoms with van der Waals surface area (Å²) in [7, 11) is 0. The number of aryl methyl sites for hydroxylation is 1. The molecule has 84 valence electrons. The van der Waals surface area contributed by atoms with Crippen molar-refractivity contribution < 1.29 is 4.74 Å². The normalized spacial score (nSPS) is 16.7. The van der Waals surface area contributed by atoms with Crippen LogP contribution in [0.25, 0.3) is 11.0 Å². The smallest absolute Gasteiger partial charge is 0.125 e. The second kappa shape index (κ2) is 3.78. The average Bonchev–Trinajstić information content (AvgIpc) is 2.52. The first kappa shape index (κ1) is 10.7. The number of rotatable bonds is 1. The summed E-state index contributed by atoms with van der Waals surface area (Å²) in [6, 6.07) is 0. The van der Waals surface area contributed by atoms with Gasteiger partial charge in [0.25, 0.3) is 0 Å². The lowest BCUT2D eigenvalue weighted by atomic mass is 9.99. The Morgan fingerprint density at radius 2 is 2.06 bits per heavy atom. The molecule has 1 aliphatic rings. The Labute approximate surface area is 109 Å². The van der Waals surface area contributed by atoms with Crippen LogP contribution >= 0.6 is 31.9 Å². The molecule has 0 unspecified atom stereocenters. The molecule has 4 nitrogen and oxygen atoms in total. The van der Waals surface area contributed by atoms with Gasteiger partial charge in [-0.2, -0.15) is 5.10 Å². The van der Waals surface area contributed by atoms with Gasteiger partial charge in [-0.25, -0.2) is 4.98 Å². The Balaban J connectivity index is 2.28. The Morgan fingerprint density at radius 3 is 2.69 bits per heavy atom.